The number of carbonyl (C=O) groups is 1. The summed E-state index contributed by atoms with van der Waals surface area (Å²) in [4.78, 5) is 12.8. The van der Waals surface area contributed by atoms with Crippen molar-refractivity contribution < 1.29 is 9.18 Å². The number of rotatable bonds is 4. The van der Waals surface area contributed by atoms with Crippen molar-refractivity contribution in [3.05, 3.63) is 57.8 Å². The van der Waals surface area contributed by atoms with Gasteiger partial charge in [0.05, 0.1) is 10.8 Å². The van der Waals surface area contributed by atoms with E-state index in [1.807, 2.05) is 24.3 Å². The van der Waals surface area contributed by atoms with Crippen LogP contribution in [0.1, 0.15) is 0 Å². The lowest BCUT2D eigenvalue weighted by molar-refractivity contribution is -0.113. The second kappa shape index (κ2) is 7.11. The molecule has 2 aromatic rings. The van der Waals surface area contributed by atoms with Crippen molar-refractivity contribution in [3.63, 3.8) is 0 Å². The van der Waals surface area contributed by atoms with E-state index in [4.69, 9.17) is 11.6 Å². The molecule has 0 fully saturated rings. The molecule has 0 heterocycles. The summed E-state index contributed by atoms with van der Waals surface area (Å²) in [7, 11) is 0. The summed E-state index contributed by atoms with van der Waals surface area (Å²) in [6.07, 6.45) is 0. The van der Waals surface area contributed by atoms with Gasteiger partial charge in [0, 0.05) is 15.1 Å². The maximum absolute atomic E-state index is 13.0. The number of thioether (sulfide) groups is 1. The van der Waals surface area contributed by atoms with Gasteiger partial charge >= 0.3 is 0 Å². The molecular formula is C14H10BrClFNOS. The van der Waals surface area contributed by atoms with Crippen molar-refractivity contribution in [3.8, 4) is 0 Å². The van der Waals surface area contributed by atoms with E-state index in [9.17, 15) is 9.18 Å². The maximum atomic E-state index is 13.0. The van der Waals surface area contributed by atoms with Crippen LogP contribution in [0.5, 0.6) is 0 Å². The van der Waals surface area contributed by atoms with E-state index in [1.54, 1.807) is 0 Å². The van der Waals surface area contributed by atoms with E-state index in [-0.39, 0.29) is 16.7 Å². The molecule has 20 heavy (non-hydrogen) atoms. The molecule has 0 saturated carbocycles. The first-order valence-corrected chi connectivity index (χ1v) is 7.83. The molecule has 1 N–H and O–H groups in total. The van der Waals surface area contributed by atoms with E-state index < -0.39 is 5.82 Å². The van der Waals surface area contributed by atoms with Gasteiger partial charge in [-0.3, -0.25) is 4.79 Å². The smallest absolute Gasteiger partial charge is 0.234 e. The van der Waals surface area contributed by atoms with Crippen molar-refractivity contribution in [1.29, 1.82) is 0 Å². The molecule has 0 aromatic heterocycles. The summed E-state index contributed by atoms with van der Waals surface area (Å²) >= 11 is 10.4. The fourth-order valence-corrected chi connectivity index (χ4v) is 2.59. The fourth-order valence-electron chi connectivity index (χ4n) is 1.45. The Morgan fingerprint density at radius 3 is 2.60 bits per heavy atom. The van der Waals surface area contributed by atoms with Gasteiger partial charge in [-0.1, -0.05) is 27.5 Å². The summed E-state index contributed by atoms with van der Waals surface area (Å²) in [5.74, 6) is -0.397. The van der Waals surface area contributed by atoms with Crippen LogP contribution in [-0.4, -0.2) is 11.7 Å². The molecule has 0 unspecified atom stereocenters. The van der Waals surface area contributed by atoms with Gasteiger partial charge in [-0.05, 0) is 42.5 Å². The first-order chi connectivity index (χ1) is 9.54. The number of hydrogen-bond donors (Lipinski definition) is 1. The van der Waals surface area contributed by atoms with Crippen molar-refractivity contribution in [1.82, 2.24) is 0 Å². The number of amides is 1. The lowest BCUT2D eigenvalue weighted by atomic mass is 10.3. The SMILES string of the molecule is O=C(CSc1ccc(Br)cc1)Nc1ccc(F)c(Cl)c1. The second-order valence-electron chi connectivity index (χ2n) is 3.92. The largest absolute Gasteiger partial charge is 0.325 e. The number of carbonyl (C=O) groups excluding carboxylic acids is 1. The molecule has 0 spiro atoms. The zero-order valence-electron chi connectivity index (χ0n) is 10.2. The Morgan fingerprint density at radius 1 is 1.25 bits per heavy atom. The lowest BCUT2D eigenvalue weighted by Gasteiger charge is -2.06. The molecule has 0 aliphatic carbocycles. The number of hydrogen-bond acceptors (Lipinski definition) is 2. The zero-order valence-corrected chi connectivity index (χ0v) is 13.4. The van der Waals surface area contributed by atoms with Crippen LogP contribution in [0.4, 0.5) is 10.1 Å². The van der Waals surface area contributed by atoms with E-state index in [1.165, 1.54) is 30.0 Å². The molecule has 2 nitrogen and oxygen atoms in total. The summed E-state index contributed by atoms with van der Waals surface area (Å²) in [5.41, 5.74) is 0.484. The van der Waals surface area contributed by atoms with Crippen LogP contribution in [0, 0.1) is 5.82 Å². The molecule has 104 valence electrons. The Bertz CT molecular complexity index is 621. The normalized spacial score (nSPS) is 10.3. The summed E-state index contributed by atoms with van der Waals surface area (Å²) in [6.45, 7) is 0. The number of nitrogens with one attached hydrogen (secondary N) is 1. The Balaban J connectivity index is 1.89. The molecule has 0 aliphatic heterocycles. The van der Waals surface area contributed by atoms with E-state index in [0.717, 1.165) is 9.37 Å². The predicted octanol–water partition coefficient (Wildman–Crippen LogP) is 4.97. The average Bonchev–Trinajstić information content (AvgIpc) is 2.42. The van der Waals surface area contributed by atoms with Crippen LogP contribution in [0.2, 0.25) is 5.02 Å². The molecule has 0 radical (unpaired) electrons. The molecule has 0 saturated heterocycles. The molecule has 2 rings (SSSR count). The number of benzene rings is 2. The average molecular weight is 375 g/mol. The monoisotopic (exact) mass is 373 g/mol. The summed E-state index contributed by atoms with van der Waals surface area (Å²) in [6, 6.07) is 11.8. The number of anilines is 1. The Hall–Kier alpha value is -1.04. The van der Waals surface area contributed by atoms with Gasteiger partial charge < -0.3 is 5.32 Å². The minimum Gasteiger partial charge on any atom is -0.325 e. The maximum Gasteiger partial charge on any atom is 0.234 e. The predicted molar refractivity (Wildman–Crippen MR) is 84.9 cm³/mol. The fraction of sp³-hybridized carbons (Fsp3) is 0.0714. The highest BCUT2D eigenvalue weighted by molar-refractivity contribution is 9.10. The molecule has 6 heteroatoms. The molecule has 0 atom stereocenters. The third-order valence-corrected chi connectivity index (χ3v) is 4.22. The zero-order chi connectivity index (χ0) is 14.5. The molecule has 0 bridgehead atoms. The lowest BCUT2D eigenvalue weighted by Crippen LogP contribution is -2.13. The second-order valence-corrected chi connectivity index (χ2v) is 6.29. The summed E-state index contributed by atoms with van der Waals surface area (Å²) < 4.78 is 14.0. The van der Waals surface area contributed by atoms with Gasteiger partial charge in [0.15, 0.2) is 0 Å². The Labute approximate surface area is 133 Å². The molecular weight excluding hydrogens is 365 g/mol. The van der Waals surface area contributed by atoms with E-state index >= 15 is 0 Å². The van der Waals surface area contributed by atoms with Crippen molar-refractivity contribution >= 4 is 50.9 Å². The van der Waals surface area contributed by atoms with Crippen LogP contribution < -0.4 is 5.32 Å². The quantitative estimate of drug-likeness (QED) is 0.765. The van der Waals surface area contributed by atoms with Crippen LogP contribution in [0.15, 0.2) is 51.8 Å². The summed E-state index contributed by atoms with van der Waals surface area (Å²) in [5, 5.41) is 2.66. The van der Waals surface area contributed by atoms with Crippen molar-refractivity contribution in [2.45, 2.75) is 4.90 Å². The number of halogens is 3. The third-order valence-electron chi connectivity index (χ3n) is 2.39. The van der Waals surface area contributed by atoms with Crippen LogP contribution >= 0.6 is 39.3 Å². The molecule has 1 amide bonds. The van der Waals surface area contributed by atoms with E-state index in [2.05, 4.69) is 21.2 Å². The first-order valence-electron chi connectivity index (χ1n) is 5.68. The van der Waals surface area contributed by atoms with Gasteiger partial charge in [0.25, 0.3) is 0 Å². The highest BCUT2D eigenvalue weighted by Crippen LogP contribution is 2.22. The highest BCUT2D eigenvalue weighted by Gasteiger charge is 2.06. The van der Waals surface area contributed by atoms with Gasteiger partial charge in [-0.25, -0.2) is 4.39 Å². The standard InChI is InChI=1S/C14H10BrClFNOS/c15-9-1-4-11(5-2-9)20-8-14(19)18-10-3-6-13(17)12(16)7-10/h1-7H,8H2,(H,18,19). The highest BCUT2D eigenvalue weighted by atomic mass is 79.9. The van der Waals surface area contributed by atoms with Gasteiger partial charge in [-0.2, -0.15) is 0 Å². The van der Waals surface area contributed by atoms with Crippen LogP contribution in [0.25, 0.3) is 0 Å². The van der Waals surface area contributed by atoms with Gasteiger partial charge in [-0.15, -0.1) is 11.8 Å². The van der Waals surface area contributed by atoms with E-state index in [0.29, 0.717) is 5.69 Å². The van der Waals surface area contributed by atoms with Gasteiger partial charge in [0.2, 0.25) is 5.91 Å². The minimum atomic E-state index is -0.506. The topological polar surface area (TPSA) is 29.1 Å². The van der Waals surface area contributed by atoms with Crippen LogP contribution in [-0.2, 0) is 4.79 Å². The van der Waals surface area contributed by atoms with Crippen molar-refractivity contribution in [2.75, 3.05) is 11.1 Å². The van der Waals surface area contributed by atoms with Crippen LogP contribution in [0.3, 0.4) is 0 Å². The Morgan fingerprint density at radius 2 is 1.95 bits per heavy atom. The van der Waals surface area contributed by atoms with Gasteiger partial charge in [0.1, 0.15) is 5.82 Å². The first kappa shape index (κ1) is 15.4. The molecule has 0 aliphatic rings. The molecule has 2 aromatic carbocycles. The Kier molecular flexibility index (Phi) is 5.46. The third kappa shape index (κ3) is 4.51. The van der Waals surface area contributed by atoms with Crippen molar-refractivity contribution in [2.24, 2.45) is 0 Å². The minimum absolute atomic E-state index is 0.0108.